The molecule has 0 bridgehead atoms. The minimum atomic E-state index is 0.0121. The number of aryl methyl sites for hydroxylation is 1. The lowest BCUT2D eigenvalue weighted by atomic mass is 10.1. The van der Waals surface area contributed by atoms with Crippen molar-refractivity contribution in [1.82, 2.24) is 9.38 Å². The van der Waals surface area contributed by atoms with Crippen LogP contribution in [0.2, 0.25) is 0 Å². The van der Waals surface area contributed by atoms with Gasteiger partial charge in [0.2, 0.25) is 0 Å². The molecular formula is C14H12N2O2S. The Morgan fingerprint density at radius 3 is 2.74 bits per heavy atom. The summed E-state index contributed by atoms with van der Waals surface area (Å²) in [6.45, 7) is 1.97. The molecule has 2 heterocycles. The van der Waals surface area contributed by atoms with E-state index < -0.39 is 0 Å². The molecule has 2 aromatic heterocycles. The van der Waals surface area contributed by atoms with E-state index in [1.807, 2.05) is 41.0 Å². The molecular weight excluding hydrogens is 260 g/mol. The summed E-state index contributed by atoms with van der Waals surface area (Å²) in [7, 11) is 0. The SMILES string of the molecule is Cc1csc2nc(-c3ccc(CO)cc3)c(C=O)n12. The van der Waals surface area contributed by atoms with Crippen LogP contribution in [0.1, 0.15) is 21.7 Å². The number of imidazole rings is 1. The van der Waals surface area contributed by atoms with Crippen LogP contribution in [-0.2, 0) is 6.61 Å². The lowest BCUT2D eigenvalue weighted by Crippen LogP contribution is -1.93. The zero-order valence-electron chi connectivity index (χ0n) is 10.3. The second-order valence-corrected chi connectivity index (χ2v) is 5.15. The molecule has 1 N–H and O–H groups in total. The molecule has 19 heavy (non-hydrogen) atoms. The largest absolute Gasteiger partial charge is 0.392 e. The number of carbonyl (C=O) groups excluding carboxylic acids is 1. The molecule has 0 aliphatic carbocycles. The number of aliphatic hydroxyl groups excluding tert-OH is 1. The number of thiazole rings is 1. The standard InChI is InChI=1S/C14H12N2O2S/c1-9-8-19-14-15-13(12(7-18)16(9)14)11-4-2-10(6-17)3-5-11/h2-5,7-8,17H,6H2,1H3. The van der Waals surface area contributed by atoms with Crippen LogP contribution in [0.15, 0.2) is 29.6 Å². The Labute approximate surface area is 114 Å². The first-order valence-electron chi connectivity index (χ1n) is 5.86. The molecule has 0 aliphatic rings. The number of carbonyl (C=O) groups is 1. The van der Waals surface area contributed by atoms with Crippen LogP contribution in [-0.4, -0.2) is 20.8 Å². The first kappa shape index (κ1) is 12.1. The zero-order chi connectivity index (χ0) is 13.4. The Kier molecular flexibility index (Phi) is 2.93. The summed E-state index contributed by atoms with van der Waals surface area (Å²) in [5, 5.41) is 11.0. The number of aliphatic hydroxyl groups is 1. The van der Waals surface area contributed by atoms with E-state index in [-0.39, 0.29) is 6.61 Å². The molecule has 4 nitrogen and oxygen atoms in total. The van der Waals surface area contributed by atoms with Crippen LogP contribution < -0.4 is 0 Å². The molecule has 0 amide bonds. The molecule has 1 aromatic carbocycles. The van der Waals surface area contributed by atoms with Gasteiger partial charge >= 0.3 is 0 Å². The van der Waals surface area contributed by atoms with Gasteiger partial charge in [0.1, 0.15) is 11.4 Å². The third kappa shape index (κ3) is 1.87. The smallest absolute Gasteiger partial charge is 0.195 e. The van der Waals surface area contributed by atoms with Crippen molar-refractivity contribution in [3.8, 4) is 11.3 Å². The highest BCUT2D eigenvalue weighted by atomic mass is 32.1. The number of fused-ring (bicyclic) bond motifs is 1. The average Bonchev–Trinajstić information content (AvgIpc) is 2.99. The van der Waals surface area contributed by atoms with Crippen molar-refractivity contribution in [2.75, 3.05) is 0 Å². The zero-order valence-corrected chi connectivity index (χ0v) is 11.1. The van der Waals surface area contributed by atoms with Crippen LogP contribution in [0.25, 0.3) is 16.2 Å². The fourth-order valence-corrected chi connectivity index (χ4v) is 2.98. The lowest BCUT2D eigenvalue weighted by molar-refractivity contribution is 0.111. The number of nitrogens with zero attached hydrogens (tertiary/aromatic N) is 2. The molecule has 0 fully saturated rings. The monoisotopic (exact) mass is 272 g/mol. The number of aromatic nitrogens is 2. The molecule has 0 saturated carbocycles. The van der Waals surface area contributed by atoms with Gasteiger partial charge in [-0.25, -0.2) is 4.98 Å². The van der Waals surface area contributed by atoms with Gasteiger partial charge in [0.05, 0.1) is 6.61 Å². The normalized spacial score (nSPS) is 11.1. The molecule has 96 valence electrons. The van der Waals surface area contributed by atoms with Crippen molar-refractivity contribution < 1.29 is 9.90 Å². The average molecular weight is 272 g/mol. The van der Waals surface area contributed by atoms with Crippen molar-refractivity contribution in [2.45, 2.75) is 13.5 Å². The minimum absolute atomic E-state index is 0.0121. The van der Waals surface area contributed by atoms with Crippen LogP contribution in [0.3, 0.4) is 0 Å². The van der Waals surface area contributed by atoms with Gasteiger partial charge in [-0.3, -0.25) is 9.20 Å². The van der Waals surface area contributed by atoms with Gasteiger partial charge in [0.15, 0.2) is 11.2 Å². The minimum Gasteiger partial charge on any atom is -0.392 e. The molecule has 5 heteroatoms. The van der Waals surface area contributed by atoms with Crippen molar-refractivity contribution in [1.29, 1.82) is 0 Å². The van der Waals surface area contributed by atoms with Crippen LogP contribution >= 0.6 is 11.3 Å². The van der Waals surface area contributed by atoms with Crippen LogP contribution in [0.4, 0.5) is 0 Å². The van der Waals surface area contributed by atoms with Crippen molar-refractivity contribution in [3.05, 3.63) is 46.6 Å². The molecule has 0 spiro atoms. The van der Waals surface area contributed by atoms with Gasteiger partial charge < -0.3 is 5.11 Å². The molecule has 0 saturated heterocycles. The number of aldehydes is 1. The van der Waals surface area contributed by atoms with Crippen molar-refractivity contribution in [2.24, 2.45) is 0 Å². The maximum atomic E-state index is 11.4. The number of hydrogen-bond donors (Lipinski definition) is 1. The fourth-order valence-electron chi connectivity index (χ4n) is 2.11. The first-order chi connectivity index (χ1) is 9.24. The highest BCUT2D eigenvalue weighted by molar-refractivity contribution is 7.15. The van der Waals surface area contributed by atoms with E-state index in [1.54, 1.807) is 0 Å². The highest BCUT2D eigenvalue weighted by Crippen LogP contribution is 2.27. The van der Waals surface area contributed by atoms with Gasteiger partial charge in [0.25, 0.3) is 0 Å². The second-order valence-electron chi connectivity index (χ2n) is 4.31. The van der Waals surface area contributed by atoms with E-state index in [9.17, 15) is 4.79 Å². The van der Waals surface area contributed by atoms with Gasteiger partial charge in [-0.1, -0.05) is 24.3 Å². The summed E-state index contributed by atoms with van der Waals surface area (Å²) in [6.07, 6.45) is 0.842. The van der Waals surface area contributed by atoms with Gasteiger partial charge in [-0.15, -0.1) is 11.3 Å². The third-order valence-electron chi connectivity index (χ3n) is 3.09. The number of benzene rings is 1. The molecule has 0 radical (unpaired) electrons. The molecule has 3 rings (SSSR count). The van der Waals surface area contributed by atoms with Gasteiger partial charge in [-0.2, -0.15) is 0 Å². The topological polar surface area (TPSA) is 54.6 Å². The molecule has 3 aromatic rings. The summed E-state index contributed by atoms with van der Waals surface area (Å²) in [5.74, 6) is 0. The lowest BCUT2D eigenvalue weighted by Gasteiger charge is -2.01. The summed E-state index contributed by atoms with van der Waals surface area (Å²) in [6, 6.07) is 7.43. The molecule has 0 atom stereocenters. The summed E-state index contributed by atoms with van der Waals surface area (Å²) in [5.41, 5.74) is 4.00. The third-order valence-corrected chi connectivity index (χ3v) is 4.04. The highest BCUT2D eigenvalue weighted by Gasteiger charge is 2.15. The van der Waals surface area contributed by atoms with E-state index >= 15 is 0 Å². The van der Waals surface area contributed by atoms with Gasteiger partial charge in [0, 0.05) is 16.6 Å². The Bertz CT molecular complexity index is 741. The second kappa shape index (κ2) is 4.60. The first-order valence-corrected chi connectivity index (χ1v) is 6.74. The summed E-state index contributed by atoms with van der Waals surface area (Å²) >= 11 is 1.52. The Morgan fingerprint density at radius 1 is 1.37 bits per heavy atom. The van der Waals surface area contributed by atoms with Crippen molar-refractivity contribution in [3.63, 3.8) is 0 Å². The quantitative estimate of drug-likeness (QED) is 0.746. The van der Waals surface area contributed by atoms with E-state index in [1.165, 1.54) is 11.3 Å². The maximum absolute atomic E-state index is 11.4. The predicted molar refractivity (Wildman–Crippen MR) is 74.6 cm³/mol. The number of rotatable bonds is 3. The number of hydrogen-bond acceptors (Lipinski definition) is 4. The van der Waals surface area contributed by atoms with E-state index in [4.69, 9.17) is 5.11 Å². The molecule has 0 aliphatic heterocycles. The van der Waals surface area contributed by atoms with E-state index in [2.05, 4.69) is 4.98 Å². The fraction of sp³-hybridized carbons (Fsp3) is 0.143. The van der Waals surface area contributed by atoms with Crippen LogP contribution in [0.5, 0.6) is 0 Å². The maximum Gasteiger partial charge on any atom is 0.195 e. The Balaban J connectivity index is 2.20. The Morgan fingerprint density at radius 2 is 2.11 bits per heavy atom. The Hall–Kier alpha value is -1.98. The van der Waals surface area contributed by atoms with Crippen molar-refractivity contribution >= 4 is 22.6 Å². The predicted octanol–water partition coefficient (Wildman–Crippen LogP) is 2.68. The molecule has 0 unspecified atom stereocenters. The van der Waals surface area contributed by atoms with E-state index in [0.29, 0.717) is 11.4 Å². The summed E-state index contributed by atoms with van der Waals surface area (Å²) in [4.78, 5) is 16.7. The van der Waals surface area contributed by atoms with Crippen LogP contribution in [0, 0.1) is 6.92 Å². The van der Waals surface area contributed by atoms with E-state index in [0.717, 1.165) is 28.1 Å². The summed E-state index contributed by atoms with van der Waals surface area (Å²) < 4.78 is 1.87. The van der Waals surface area contributed by atoms with Gasteiger partial charge in [-0.05, 0) is 12.5 Å².